The molecule has 0 radical (unpaired) electrons. The fraction of sp³-hybridized carbons (Fsp3) is 0.667. The molecule has 0 spiro atoms. The molecule has 2 unspecified atom stereocenters. The van der Waals surface area contributed by atoms with Crippen LogP contribution in [0.3, 0.4) is 0 Å². The van der Waals surface area contributed by atoms with E-state index in [0.29, 0.717) is 11.6 Å². The first kappa shape index (κ1) is 16.4. The topological polar surface area (TPSA) is 77.2 Å². The lowest BCUT2D eigenvalue weighted by Crippen LogP contribution is -2.36. The number of fused-ring (bicyclic) bond motifs is 1. The average Bonchev–Trinajstić information content (AvgIpc) is 2.45. The average molecular weight is 317 g/mol. The van der Waals surface area contributed by atoms with Crippen molar-refractivity contribution in [1.82, 2.24) is 10.3 Å². The smallest absolute Gasteiger partial charge is 0.267 e. The van der Waals surface area contributed by atoms with Crippen LogP contribution >= 0.6 is 0 Å². The van der Waals surface area contributed by atoms with Crippen molar-refractivity contribution in [3.8, 4) is 0 Å². The summed E-state index contributed by atoms with van der Waals surface area (Å²) in [4.78, 5) is 16.5. The molecule has 1 saturated heterocycles. The summed E-state index contributed by atoms with van der Waals surface area (Å²) >= 11 is 0. The highest BCUT2D eigenvalue weighted by atomic mass is 16.5. The summed E-state index contributed by atoms with van der Waals surface area (Å²) in [6.45, 7) is 10.1. The number of ether oxygens (including phenoxy) is 1. The Morgan fingerprint density at radius 3 is 2.83 bits per heavy atom. The fourth-order valence-electron chi connectivity index (χ4n) is 4.17. The molecule has 3 heterocycles. The van der Waals surface area contributed by atoms with Crippen LogP contribution in [0.25, 0.3) is 0 Å². The van der Waals surface area contributed by atoms with Crippen LogP contribution in [0.2, 0.25) is 0 Å². The van der Waals surface area contributed by atoms with Gasteiger partial charge in [0.25, 0.3) is 5.91 Å². The number of pyridine rings is 1. The molecular weight excluding hydrogens is 290 g/mol. The van der Waals surface area contributed by atoms with Crippen LogP contribution in [0.5, 0.6) is 0 Å². The number of hydrogen-bond donors (Lipinski definition) is 2. The van der Waals surface area contributed by atoms with Crippen molar-refractivity contribution >= 4 is 5.91 Å². The summed E-state index contributed by atoms with van der Waals surface area (Å²) < 4.78 is 5.88. The number of primary amides is 1. The van der Waals surface area contributed by atoms with Gasteiger partial charge >= 0.3 is 0 Å². The predicted molar refractivity (Wildman–Crippen MR) is 89.6 cm³/mol. The van der Waals surface area contributed by atoms with Gasteiger partial charge in [-0.15, -0.1) is 0 Å². The van der Waals surface area contributed by atoms with E-state index in [4.69, 9.17) is 10.5 Å². The Labute approximate surface area is 138 Å². The SMILES string of the molecule is Cc1c(C(N)=O)nc2c(c1C1CCOC(C)(C)C1)CCNC2C. The standard InChI is InChI=1S/C18H27N3O2/c1-10-14(12-6-8-23-18(3,4)9-12)13-5-7-20-11(2)16(13)21-15(10)17(19)22/h11-12,20H,5-9H2,1-4H3,(H2,19,22). The van der Waals surface area contributed by atoms with Crippen LogP contribution in [0.15, 0.2) is 0 Å². The summed E-state index contributed by atoms with van der Waals surface area (Å²) in [6.07, 6.45) is 2.91. The van der Waals surface area contributed by atoms with Gasteiger partial charge in [0.15, 0.2) is 0 Å². The van der Waals surface area contributed by atoms with Gasteiger partial charge in [0.1, 0.15) is 5.69 Å². The normalized spacial score (nSPS) is 26.6. The lowest BCUT2D eigenvalue weighted by atomic mass is 9.77. The molecule has 5 nitrogen and oxygen atoms in total. The quantitative estimate of drug-likeness (QED) is 0.878. The fourth-order valence-corrected chi connectivity index (χ4v) is 4.17. The molecule has 3 rings (SSSR count). The van der Waals surface area contributed by atoms with E-state index in [2.05, 4.69) is 31.1 Å². The molecule has 2 aliphatic rings. The molecule has 0 aromatic carbocycles. The van der Waals surface area contributed by atoms with Gasteiger partial charge in [-0.25, -0.2) is 4.98 Å². The zero-order valence-electron chi connectivity index (χ0n) is 14.5. The molecular formula is C18H27N3O2. The second-order valence-corrected chi connectivity index (χ2v) is 7.45. The van der Waals surface area contributed by atoms with E-state index < -0.39 is 5.91 Å². The number of nitrogens with zero attached hydrogens (tertiary/aromatic N) is 1. The van der Waals surface area contributed by atoms with Crippen molar-refractivity contribution in [2.24, 2.45) is 5.73 Å². The lowest BCUT2D eigenvalue weighted by Gasteiger charge is -2.38. The van der Waals surface area contributed by atoms with E-state index in [1.165, 1.54) is 11.1 Å². The Bertz CT molecular complexity index is 640. The number of aromatic nitrogens is 1. The molecule has 1 aromatic heterocycles. The van der Waals surface area contributed by atoms with Crippen molar-refractivity contribution in [3.63, 3.8) is 0 Å². The molecule has 126 valence electrons. The number of amides is 1. The summed E-state index contributed by atoms with van der Waals surface area (Å²) in [7, 11) is 0. The zero-order valence-corrected chi connectivity index (χ0v) is 14.5. The lowest BCUT2D eigenvalue weighted by molar-refractivity contribution is -0.0594. The summed E-state index contributed by atoms with van der Waals surface area (Å²) in [6, 6.07) is 0.157. The minimum atomic E-state index is -0.435. The first-order valence-electron chi connectivity index (χ1n) is 8.50. The summed E-state index contributed by atoms with van der Waals surface area (Å²) in [5, 5.41) is 3.43. The summed E-state index contributed by atoms with van der Waals surface area (Å²) in [5.41, 5.74) is 10.5. The second kappa shape index (κ2) is 5.87. The van der Waals surface area contributed by atoms with Crippen molar-refractivity contribution in [2.45, 2.75) is 64.5 Å². The molecule has 1 amide bonds. The zero-order chi connectivity index (χ0) is 16.8. The number of carbonyl (C=O) groups excluding carboxylic acids is 1. The molecule has 2 aliphatic heterocycles. The van der Waals surface area contributed by atoms with Crippen LogP contribution in [-0.2, 0) is 11.2 Å². The van der Waals surface area contributed by atoms with Gasteiger partial charge in [-0.2, -0.15) is 0 Å². The maximum absolute atomic E-state index is 11.9. The Hall–Kier alpha value is -1.46. The number of nitrogens with two attached hydrogens (primary N) is 1. The van der Waals surface area contributed by atoms with Crippen LogP contribution in [0.4, 0.5) is 0 Å². The van der Waals surface area contributed by atoms with E-state index in [0.717, 1.165) is 43.7 Å². The third kappa shape index (κ3) is 3.00. The monoisotopic (exact) mass is 317 g/mol. The molecule has 3 N–H and O–H groups in total. The first-order chi connectivity index (χ1) is 10.8. The van der Waals surface area contributed by atoms with E-state index in [1.807, 2.05) is 6.92 Å². The predicted octanol–water partition coefficient (Wildman–Crippen LogP) is 2.37. The maximum Gasteiger partial charge on any atom is 0.267 e. The second-order valence-electron chi connectivity index (χ2n) is 7.45. The molecule has 2 atom stereocenters. The van der Waals surface area contributed by atoms with Gasteiger partial charge in [-0.1, -0.05) is 0 Å². The van der Waals surface area contributed by atoms with Crippen LogP contribution in [0, 0.1) is 6.92 Å². The molecule has 23 heavy (non-hydrogen) atoms. The van der Waals surface area contributed by atoms with Crippen molar-refractivity contribution in [3.05, 3.63) is 28.1 Å². The van der Waals surface area contributed by atoms with Gasteiger partial charge in [0, 0.05) is 12.6 Å². The molecule has 0 aliphatic carbocycles. The third-order valence-corrected chi connectivity index (χ3v) is 5.20. The van der Waals surface area contributed by atoms with Crippen molar-refractivity contribution in [1.29, 1.82) is 0 Å². The Balaban J connectivity index is 2.16. The van der Waals surface area contributed by atoms with E-state index in [1.54, 1.807) is 0 Å². The largest absolute Gasteiger partial charge is 0.376 e. The number of hydrogen-bond acceptors (Lipinski definition) is 4. The molecule has 1 fully saturated rings. The van der Waals surface area contributed by atoms with Gasteiger partial charge < -0.3 is 15.8 Å². The Morgan fingerprint density at radius 2 is 2.17 bits per heavy atom. The molecule has 0 saturated carbocycles. The highest BCUT2D eigenvalue weighted by Crippen LogP contribution is 2.41. The van der Waals surface area contributed by atoms with E-state index >= 15 is 0 Å². The Morgan fingerprint density at radius 1 is 1.43 bits per heavy atom. The number of nitrogens with one attached hydrogen (secondary N) is 1. The van der Waals surface area contributed by atoms with Crippen LogP contribution in [0.1, 0.15) is 78.4 Å². The van der Waals surface area contributed by atoms with Crippen molar-refractivity contribution in [2.75, 3.05) is 13.2 Å². The third-order valence-electron chi connectivity index (χ3n) is 5.20. The molecule has 5 heteroatoms. The van der Waals surface area contributed by atoms with Crippen LogP contribution < -0.4 is 11.1 Å². The van der Waals surface area contributed by atoms with Gasteiger partial charge in [0.2, 0.25) is 0 Å². The minimum Gasteiger partial charge on any atom is -0.376 e. The highest BCUT2D eigenvalue weighted by molar-refractivity contribution is 5.92. The molecule has 1 aromatic rings. The van der Waals surface area contributed by atoms with Gasteiger partial charge in [-0.05, 0) is 76.1 Å². The van der Waals surface area contributed by atoms with Crippen LogP contribution in [-0.4, -0.2) is 29.6 Å². The highest BCUT2D eigenvalue weighted by Gasteiger charge is 2.35. The molecule has 0 bridgehead atoms. The maximum atomic E-state index is 11.9. The number of carbonyl (C=O) groups is 1. The Kier molecular flexibility index (Phi) is 4.19. The minimum absolute atomic E-state index is 0.128. The summed E-state index contributed by atoms with van der Waals surface area (Å²) in [5.74, 6) is -0.0328. The number of rotatable bonds is 2. The van der Waals surface area contributed by atoms with E-state index in [-0.39, 0.29) is 11.6 Å². The van der Waals surface area contributed by atoms with E-state index in [9.17, 15) is 4.79 Å². The first-order valence-corrected chi connectivity index (χ1v) is 8.50. The van der Waals surface area contributed by atoms with Crippen molar-refractivity contribution < 1.29 is 9.53 Å². The van der Waals surface area contributed by atoms with Gasteiger partial charge in [-0.3, -0.25) is 4.79 Å². The van der Waals surface area contributed by atoms with Gasteiger partial charge in [0.05, 0.1) is 11.3 Å².